The van der Waals surface area contributed by atoms with Crippen LogP contribution in [0.4, 0.5) is 0 Å². The second-order valence-corrected chi connectivity index (χ2v) is 25.3. The fraction of sp³-hybridized carbons (Fsp3) is 0.703. The Morgan fingerprint density at radius 3 is 0.952 bits per heavy atom. The van der Waals surface area contributed by atoms with Gasteiger partial charge in [-0.1, -0.05) is 289 Å². The number of hydrogen-bond acceptors (Lipinski definition) is 7. The van der Waals surface area contributed by atoms with Crippen molar-refractivity contribution in [3.63, 3.8) is 0 Å². The highest BCUT2D eigenvalue weighted by molar-refractivity contribution is 7.47. The average molecular weight is 1190 g/mol. The van der Waals surface area contributed by atoms with Crippen LogP contribution >= 0.6 is 7.82 Å². The molecule has 10 heteroatoms. The van der Waals surface area contributed by atoms with Crippen LogP contribution in [0.3, 0.4) is 0 Å². The van der Waals surface area contributed by atoms with Gasteiger partial charge in [-0.3, -0.25) is 18.6 Å². The highest BCUT2D eigenvalue weighted by atomic mass is 31.2. The van der Waals surface area contributed by atoms with E-state index in [9.17, 15) is 19.0 Å². The van der Waals surface area contributed by atoms with Gasteiger partial charge in [0, 0.05) is 12.8 Å². The van der Waals surface area contributed by atoms with E-state index in [1.54, 1.807) is 0 Å². The summed E-state index contributed by atoms with van der Waals surface area (Å²) in [4.78, 5) is 35.8. The molecule has 2 atom stereocenters. The third-order valence-corrected chi connectivity index (χ3v) is 15.5. The zero-order valence-electron chi connectivity index (χ0n) is 54.9. The third kappa shape index (κ3) is 67.5. The molecule has 0 heterocycles. The fourth-order valence-electron chi connectivity index (χ4n) is 9.31. The molecule has 0 aliphatic rings. The zero-order chi connectivity index (χ0) is 61.2. The van der Waals surface area contributed by atoms with Crippen molar-refractivity contribution < 1.29 is 42.1 Å². The Morgan fingerprint density at radius 1 is 0.369 bits per heavy atom. The number of unbranched alkanes of at least 4 members (excludes halogenated alkanes) is 28. The van der Waals surface area contributed by atoms with Gasteiger partial charge in [0.1, 0.15) is 19.8 Å². The Morgan fingerprint density at radius 2 is 0.643 bits per heavy atom. The van der Waals surface area contributed by atoms with Crippen LogP contribution < -0.4 is 0 Å². The van der Waals surface area contributed by atoms with Crippen molar-refractivity contribution in [3.8, 4) is 0 Å². The first-order valence-electron chi connectivity index (χ1n) is 34.3. The van der Waals surface area contributed by atoms with E-state index < -0.39 is 26.5 Å². The van der Waals surface area contributed by atoms with Gasteiger partial charge >= 0.3 is 19.8 Å². The standard InChI is InChI=1S/C74H128NO8P/c1-6-8-10-12-14-16-18-20-22-24-26-27-28-29-30-31-32-33-34-35-36-37-38-39-40-41-42-43-44-45-46-47-49-51-53-55-57-59-61-63-65-67-74(77)83-72(71-82-84(78,79)81-69-68-75(3,4)5)70-80-73(76)66-64-62-60-58-56-54-52-50-48-25-23-21-19-17-15-13-11-9-7-2/h8-11,14-17,20-23,26-27,29-30,32-33,48,50,72H,6-7,12-13,18-19,24-25,28,31,34-47,49,51-71H2,1-5H3/p+1/b10-8-,11-9-,16-14-,17-15-,22-20-,23-21-,27-26-,30-29-,33-32-,50-48-. The summed E-state index contributed by atoms with van der Waals surface area (Å²) in [6.45, 7) is 4.20. The first kappa shape index (κ1) is 80.4. The van der Waals surface area contributed by atoms with E-state index in [-0.39, 0.29) is 32.0 Å². The Balaban J connectivity index is 3.97. The van der Waals surface area contributed by atoms with Gasteiger partial charge in [0.15, 0.2) is 6.10 Å². The smallest absolute Gasteiger partial charge is 0.462 e. The van der Waals surface area contributed by atoms with Crippen LogP contribution in [-0.2, 0) is 32.7 Å². The van der Waals surface area contributed by atoms with Gasteiger partial charge in [-0.25, -0.2) is 4.57 Å². The quantitative estimate of drug-likeness (QED) is 0.0211. The first-order valence-corrected chi connectivity index (χ1v) is 35.8. The van der Waals surface area contributed by atoms with Gasteiger partial charge in [-0.05, 0) is 103 Å². The molecule has 0 saturated carbocycles. The lowest BCUT2D eigenvalue weighted by Gasteiger charge is -2.24. The van der Waals surface area contributed by atoms with Gasteiger partial charge in [0.05, 0.1) is 27.7 Å². The van der Waals surface area contributed by atoms with E-state index in [1.807, 2.05) is 21.1 Å². The lowest BCUT2D eigenvalue weighted by atomic mass is 10.0. The highest BCUT2D eigenvalue weighted by Gasteiger charge is 2.27. The van der Waals surface area contributed by atoms with E-state index in [2.05, 4.69) is 135 Å². The summed E-state index contributed by atoms with van der Waals surface area (Å²) in [6, 6.07) is 0. The predicted octanol–water partition coefficient (Wildman–Crippen LogP) is 22.3. The minimum Gasteiger partial charge on any atom is -0.462 e. The molecule has 0 spiro atoms. The van der Waals surface area contributed by atoms with E-state index in [1.165, 1.54) is 135 Å². The molecular formula is C74H129NO8P+. The second-order valence-electron chi connectivity index (χ2n) is 23.8. The molecule has 0 bridgehead atoms. The summed E-state index contributed by atoms with van der Waals surface area (Å²) >= 11 is 0. The van der Waals surface area contributed by atoms with Gasteiger partial charge in [-0.2, -0.15) is 0 Å². The molecule has 0 aromatic rings. The van der Waals surface area contributed by atoms with Crippen molar-refractivity contribution in [2.75, 3.05) is 47.5 Å². The van der Waals surface area contributed by atoms with Gasteiger partial charge < -0.3 is 18.9 Å². The molecule has 0 aromatic heterocycles. The minimum atomic E-state index is -4.40. The number of phosphoric acid groups is 1. The van der Waals surface area contributed by atoms with Crippen molar-refractivity contribution in [3.05, 3.63) is 122 Å². The number of ether oxygens (including phenoxy) is 2. The summed E-state index contributed by atoms with van der Waals surface area (Å²) < 4.78 is 34.6. The van der Waals surface area contributed by atoms with E-state index in [4.69, 9.17) is 18.5 Å². The SMILES string of the molecule is CC/C=C\C/C=C\C/C=C\C/C=C\C/C=C\C/C=C\CCCCCCCCCCCCCCCCCCCCCCCCC(=O)OC(COC(=O)CCCCCCCC/C=C\C/C=C\C/C=C\C/C=C\CC)COP(=O)(O)OCC[N+](C)(C)C. The van der Waals surface area contributed by atoms with Gasteiger partial charge in [-0.15, -0.1) is 0 Å². The van der Waals surface area contributed by atoms with E-state index in [0.29, 0.717) is 17.4 Å². The van der Waals surface area contributed by atoms with Crippen LogP contribution in [0.2, 0.25) is 0 Å². The van der Waals surface area contributed by atoms with Crippen LogP contribution in [-0.4, -0.2) is 74.9 Å². The monoisotopic (exact) mass is 1190 g/mol. The molecule has 482 valence electrons. The fourth-order valence-corrected chi connectivity index (χ4v) is 10.0. The van der Waals surface area contributed by atoms with E-state index in [0.717, 1.165) is 116 Å². The van der Waals surface area contributed by atoms with Crippen molar-refractivity contribution in [1.29, 1.82) is 0 Å². The van der Waals surface area contributed by atoms with Crippen LogP contribution in [0.5, 0.6) is 0 Å². The second kappa shape index (κ2) is 63.9. The summed E-state index contributed by atoms with van der Waals surface area (Å²) in [7, 11) is 1.47. The number of quaternary nitrogens is 1. The average Bonchev–Trinajstić information content (AvgIpc) is 3.61. The Kier molecular flexibility index (Phi) is 61.2. The van der Waals surface area contributed by atoms with Crippen molar-refractivity contribution in [2.24, 2.45) is 0 Å². The van der Waals surface area contributed by atoms with Crippen LogP contribution in [0.25, 0.3) is 0 Å². The molecule has 0 aliphatic heterocycles. The molecule has 2 unspecified atom stereocenters. The number of likely N-dealkylation sites (N-methyl/N-ethyl adjacent to an activating group) is 1. The summed E-state index contributed by atoms with van der Waals surface area (Å²) in [5, 5.41) is 0. The largest absolute Gasteiger partial charge is 0.472 e. The molecule has 0 rings (SSSR count). The van der Waals surface area contributed by atoms with Crippen LogP contribution in [0, 0.1) is 0 Å². The lowest BCUT2D eigenvalue weighted by Crippen LogP contribution is -2.37. The predicted molar refractivity (Wildman–Crippen MR) is 362 cm³/mol. The molecule has 1 N–H and O–H groups in total. The van der Waals surface area contributed by atoms with Crippen molar-refractivity contribution in [1.82, 2.24) is 0 Å². The van der Waals surface area contributed by atoms with Crippen molar-refractivity contribution >= 4 is 19.8 Å². The molecule has 84 heavy (non-hydrogen) atoms. The molecule has 0 aromatic carbocycles. The number of esters is 2. The number of carbonyl (C=O) groups excluding carboxylic acids is 2. The first-order chi connectivity index (χ1) is 41.0. The topological polar surface area (TPSA) is 108 Å². The van der Waals surface area contributed by atoms with Crippen molar-refractivity contribution in [2.45, 2.75) is 290 Å². The number of hydrogen-bond donors (Lipinski definition) is 1. The summed E-state index contributed by atoms with van der Waals surface area (Å²) in [6.07, 6.45) is 91.7. The Bertz CT molecular complexity index is 1830. The molecule has 0 radical (unpaired) electrons. The molecule has 9 nitrogen and oxygen atoms in total. The number of nitrogens with zero attached hydrogens (tertiary/aromatic N) is 1. The minimum absolute atomic E-state index is 0.0258. The number of carbonyl (C=O) groups is 2. The van der Waals surface area contributed by atoms with E-state index >= 15 is 0 Å². The maximum Gasteiger partial charge on any atom is 0.472 e. The highest BCUT2D eigenvalue weighted by Crippen LogP contribution is 2.43. The summed E-state index contributed by atoms with van der Waals surface area (Å²) in [5.41, 5.74) is 0. The molecule has 0 amide bonds. The molecule has 0 aliphatic carbocycles. The number of rotatable bonds is 62. The third-order valence-electron chi connectivity index (χ3n) is 14.5. The number of allylic oxidation sites excluding steroid dienone is 20. The van der Waals surface area contributed by atoms with Crippen LogP contribution in [0.1, 0.15) is 284 Å². The van der Waals surface area contributed by atoms with Crippen LogP contribution in [0.15, 0.2) is 122 Å². The molecule has 0 saturated heterocycles. The zero-order valence-corrected chi connectivity index (χ0v) is 55.7. The summed E-state index contributed by atoms with van der Waals surface area (Å²) in [5.74, 6) is -0.810. The van der Waals surface area contributed by atoms with Gasteiger partial charge in [0.2, 0.25) is 0 Å². The molecular weight excluding hydrogens is 1060 g/mol. The lowest BCUT2D eigenvalue weighted by molar-refractivity contribution is -0.870. The maximum atomic E-state index is 12.9. The number of phosphoric ester groups is 1. The Hall–Kier alpha value is -3.59. The maximum absolute atomic E-state index is 12.9. The van der Waals surface area contributed by atoms with Gasteiger partial charge in [0.25, 0.3) is 0 Å². The Labute approximate surface area is 518 Å². The molecule has 0 fully saturated rings. The normalized spacial score (nSPS) is 13.9.